The lowest BCUT2D eigenvalue weighted by Gasteiger charge is -2.02. The Morgan fingerprint density at radius 1 is 1.16 bits per heavy atom. The molecule has 1 atom stereocenters. The third kappa shape index (κ3) is 3.09. The highest BCUT2D eigenvalue weighted by atomic mass is 31.1. The van der Waals surface area contributed by atoms with Crippen molar-refractivity contribution in [3.8, 4) is 28.1 Å². The predicted octanol–water partition coefficient (Wildman–Crippen LogP) is 2.68. The van der Waals surface area contributed by atoms with Crippen LogP contribution in [0.25, 0.3) is 28.1 Å². The van der Waals surface area contributed by atoms with Crippen molar-refractivity contribution in [3.05, 3.63) is 60.6 Å². The predicted molar refractivity (Wildman–Crippen MR) is 96.0 cm³/mol. The van der Waals surface area contributed by atoms with Gasteiger partial charge in [0.1, 0.15) is 7.85 Å². The summed E-state index contributed by atoms with van der Waals surface area (Å²) in [5.74, 6) is 0.724. The number of nitrogens with two attached hydrogens (primary N) is 1. The van der Waals surface area contributed by atoms with E-state index in [1.807, 2.05) is 49.6 Å². The summed E-state index contributed by atoms with van der Waals surface area (Å²) >= 11 is 0. The van der Waals surface area contributed by atoms with Crippen LogP contribution in [0, 0.1) is 6.92 Å². The number of nitrogens with one attached hydrogen (secondary N) is 1. The Bertz CT molecular complexity index is 1030. The van der Waals surface area contributed by atoms with Gasteiger partial charge >= 0.3 is 0 Å². The molecule has 7 nitrogen and oxygen atoms in total. The quantitative estimate of drug-likeness (QED) is 0.610. The molecule has 25 heavy (non-hydrogen) atoms. The SMILES string of the molecule is Cc1cccc(-p2nnc(-c3nc(-c4ccc[nH+]c4)cnc3N)n2)c1. The first-order chi connectivity index (χ1) is 12.2. The van der Waals surface area contributed by atoms with Crippen LogP contribution in [0.2, 0.25) is 0 Å². The third-order valence-electron chi connectivity index (χ3n) is 3.66. The maximum atomic E-state index is 6.00. The summed E-state index contributed by atoms with van der Waals surface area (Å²) in [5.41, 5.74) is 9.24. The van der Waals surface area contributed by atoms with Crippen LogP contribution < -0.4 is 10.7 Å². The summed E-state index contributed by atoms with van der Waals surface area (Å²) in [6.45, 7) is 2.04. The Morgan fingerprint density at radius 3 is 2.88 bits per heavy atom. The zero-order valence-corrected chi connectivity index (χ0v) is 14.4. The van der Waals surface area contributed by atoms with Crippen molar-refractivity contribution in [2.45, 2.75) is 6.92 Å². The molecule has 0 radical (unpaired) electrons. The van der Waals surface area contributed by atoms with Crippen molar-refractivity contribution >= 4 is 13.7 Å². The molecule has 1 aromatic carbocycles. The largest absolute Gasteiger partial charge is 0.382 e. The van der Waals surface area contributed by atoms with Crippen LogP contribution in [-0.4, -0.2) is 24.7 Å². The van der Waals surface area contributed by atoms with E-state index in [2.05, 4.69) is 35.7 Å². The second-order valence-electron chi connectivity index (χ2n) is 5.52. The van der Waals surface area contributed by atoms with Crippen LogP contribution in [0.1, 0.15) is 5.56 Å². The van der Waals surface area contributed by atoms with Gasteiger partial charge in [-0.05, 0) is 25.1 Å². The van der Waals surface area contributed by atoms with Gasteiger partial charge in [0.25, 0.3) is 0 Å². The fraction of sp³-hybridized carbons (Fsp3) is 0.0588. The van der Waals surface area contributed by atoms with E-state index in [1.54, 1.807) is 6.20 Å². The molecule has 0 spiro atoms. The monoisotopic (exact) mass is 348 g/mol. The molecular formula is C17H15N7P+. The molecule has 0 saturated carbocycles. The first-order valence-electron chi connectivity index (χ1n) is 7.67. The van der Waals surface area contributed by atoms with E-state index in [4.69, 9.17) is 5.73 Å². The minimum absolute atomic E-state index is 0.294. The number of aromatic nitrogens is 6. The van der Waals surface area contributed by atoms with Crippen molar-refractivity contribution in [1.82, 2.24) is 24.7 Å². The molecule has 3 heterocycles. The molecule has 0 aliphatic rings. The molecule has 4 rings (SSSR count). The Morgan fingerprint density at radius 2 is 2.08 bits per heavy atom. The lowest BCUT2D eigenvalue weighted by molar-refractivity contribution is -0.377. The summed E-state index contributed by atoms with van der Waals surface area (Å²) in [4.78, 5) is 16.2. The first kappa shape index (κ1) is 15.4. The number of nitrogen functional groups attached to an aromatic ring is 1. The van der Waals surface area contributed by atoms with Gasteiger partial charge in [0.2, 0.25) is 5.82 Å². The van der Waals surface area contributed by atoms with Gasteiger partial charge in [0, 0.05) is 11.4 Å². The molecule has 3 aromatic heterocycles. The second kappa shape index (κ2) is 6.37. The lowest BCUT2D eigenvalue weighted by Crippen LogP contribution is -2.02. The van der Waals surface area contributed by atoms with Crippen LogP contribution in [0.15, 0.2) is 55.0 Å². The molecule has 4 aromatic rings. The fourth-order valence-electron chi connectivity index (χ4n) is 2.43. The van der Waals surface area contributed by atoms with Crippen molar-refractivity contribution in [3.63, 3.8) is 0 Å². The van der Waals surface area contributed by atoms with E-state index in [-0.39, 0.29) is 0 Å². The van der Waals surface area contributed by atoms with E-state index in [0.717, 1.165) is 10.9 Å². The van der Waals surface area contributed by atoms with Crippen molar-refractivity contribution in [2.24, 2.45) is 0 Å². The number of hydrogen-bond acceptors (Lipinski definition) is 6. The second-order valence-corrected chi connectivity index (χ2v) is 7.00. The number of pyridine rings is 1. The number of aromatic amines is 1. The smallest absolute Gasteiger partial charge is 0.209 e. The summed E-state index contributed by atoms with van der Waals surface area (Å²) in [6.07, 6.45) is 5.32. The van der Waals surface area contributed by atoms with Gasteiger partial charge in [0.05, 0.1) is 17.5 Å². The highest BCUT2D eigenvalue weighted by molar-refractivity contribution is 7.49. The van der Waals surface area contributed by atoms with E-state index in [0.29, 0.717) is 23.0 Å². The summed E-state index contributed by atoms with van der Waals surface area (Å²) in [6, 6.07) is 12.0. The number of H-pyrrole nitrogens is 1. The van der Waals surface area contributed by atoms with Gasteiger partial charge in [-0.3, -0.25) is 0 Å². The maximum Gasteiger partial charge on any atom is 0.209 e. The van der Waals surface area contributed by atoms with Gasteiger partial charge in [-0.25, -0.2) is 15.0 Å². The average molecular weight is 348 g/mol. The van der Waals surface area contributed by atoms with Crippen LogP contribution in [-0.2, 0) is 0 Å². The van der Waals surface area contributed by atoms with Gasteiger partial charge in [-0.1, -0.05) is 17.7 Å². The minimum atomic E-state index is -1.08. The van der Waals surface area contributed by atoms with Crippen LogP contribution >= 0.6 is 7.85 Å². The number of nitrogens with zero attached hydrogens (tertiary/aromatic N) is 5. The topological polar surface area (TPSA) is 105 Å². The molecule has 0 aliphatic heterocycles. The zero-order valence-electron chi connectivity index (χ0n) is 13.5. The highest BCUT2D eigenvalue weighted by Gasteiger charge is 2.16. The number of hydrogen-bond donors (Lipinski definition) is 1. The number of anilines is 1. The van der Waals surface area contributed by atoms with Crippen LogP contribution in [0.4, 0.5) is 5.82 Å². The van der Waals surface area contributed by atoms with Crippen molar-refractivity contribution in [1.29, 1.82) is 0 Å². The maximum absolute atomic E-state index is 6.00. The summed E-state index contributed by atoms with van der Waals surface area (Å²) in [7, 11) is -1.08. The van der Waals surface area contributed by atoms with Crippen molar-refractivity contribution in [2.75, 3.05) is 5.73 Å². The normalized spacial score (nSPS) is 11.5. The first-order valence-corrected chi connectivity index (χ1v) is 8.92. The Hall–Kier alpha value is -3.18. The van der Waals surface area contributed by atoms with E-state index >= 15 is 0 Å². The molecule has 0 saturated heterocycles. The molecule has 8 heteroatoms. The molecule has 122 valence electrons. The highest BCUT2D eigenvalue weighted by Crippen LogP contribution is 2.35. The Kier molecular flexibility index (Phi) is 3.91. The number of benzene rings is 1. The minimum Gasteiger partial charge on any atom is -0.382 e. The van der Waals surface area contributed by atoms with Gasteiger partial charge in [-0.2, -0.15) is 4.75 Å². The summed E-state index contributed by atoms with van der Waals surface area (Å²) in [5, 5.41) is 5.25. The Labute approximate surface area is 145 Å². The van der Waals surface area contributed by atoms with Crippen LogP contribution in [0.3, 0.4) is 0 Å². The molecule has 3 N–H and O–H groups in total. The Balaban J connectivity index is 1.75. The molecule has 0 aliphatic carbocycles. The van der Waals surface area contributed by atoms with E-state index in [9.17, 15) is 0 Å². The van der Waals surface area contributed by atoms with Gasteiger partial charge in [-0.15, -0.1) is 9.96 Å². The fourth-order valence-corrected chi connectivity index (χ4v) is 3.71. The average Bonchev–Trinajstić information content (AvgIpc) is 3.13. The molecule has 0 fully saturated rings. The van der Waals surface area contributed by atoms with E-state index in [1.165, 1.54) is 5.56 Å². The molecular weight excluding hydrogens is 333 g/mol. The third-order valence-corrected chi connectivity index (χ3v) is 5.04. The lowest BCUT2D eigenvalue weighted by atomic mass is 10.2. The van der Waals surface area contributed by atoms with Crippen molar-refractivity contribution < 1.29 is 4.98 Å². The van der Waals surface area contributed by atoms with Gasteiger partial charge < -0.3 is 5.73 Å². The number of aryl methyl sites for hydroxylation is 1. The van der Waals surface area contributed by atoms with Gasteiger partial charge in [0.15, 0.2) is 23.9 Å². The number of rotatable bonds is 3. The summed E-state index contributed by atoms with van der Waals surface area (Å²) < 4.78 is 4.62. The standard InChI is InChI=1S/C17H14N7P/c1-11-4-2-6-13(8-11)25-23-17(22-24-25)15-16(18)20-10-14(21-15)12-5-3-7-19-9-12/h2-10H,1H3,(H2,18,20)/p+1. The molecule has 0 amide bonds. The zero-order chi connectivity index (χ0) is 17.2. The molecule has 1 unspecified atom stereocenters. The molecule has 0 bridgehead atoms. The van der Waals surface area contributed by atoms with Crippen LogP contribution in [0.5, 0.6) is 0 Å². The van der Waals surface area contributed by atoms with E-state index < -0.39 is 7.85 Å².